The first kappa shape index (κ1) is 14.4. The predicted molar refractivity (Wildman–Crippen MR) is 82.2 cm³/mol. The summed E-state index contributed by atoms with van der Waals surface area (Å²) in [6.07, 6.45) is 10.2. The Kier molecular flexibility index (Phi) is 5.70. The fraction of sp³-hybridized carbons (Fsp3) is 0.667. The van der Waals surface area contributed by atoms with E-state index in [4.69, 9.17) is 16.6 Å². The lowest BCUT2D eigenvalue weighted by Gasteiger charge is -2.25. The molecule has 1 aromatic heterocycles. The summed E-state index contributed by atoms with van der Waals surface area (Å²) in [4.78, 5) is 0. The normalized spacial score (nSPS) is 17.9. The fourth-order valence-corrected chi connectivity index (χ4v) is 2.95. The molecule has 0 spiro atoms. The predicted octanol–water partition coefficient (Wildman–Crippen LogP) is 3.40. The molecule has 0 amide bonds. The van der Waals surface area contributed by atoms with Gasteiger partial charge in [0.15, 0.2) is 5.11 Å². The van der Waals surface area contributed by atoms with Crippen LogP contribution in [0.2, 0.25) is 0 Å². The maximum Gasteiger partial charge on any atom is 0.166 e. The van der Waals surface area contributed by atoms with Gasteiger partial charge >= 0.3 is 0 Å². The largest absolute Gasteiger partial charge is 0.469 e. The minimum Gasteiger partial charge on any atom is -0.469 e. The van der Waals surface area contributed by atoms with Crippen molar-refractivity contribution in [2.75, 3.05) is 0 Å². The zero-order valence-electron chi connectivity index (χ0n) is 11.7. The molecule has 3 nitrogen and oxygen atoms in total. The highest BCUT2D eigenvalue weighted by Crippen LogP contribution is 2.17. The van der Waals surface area contributed by atoms with Gasteiger partial charge in [-0.05, 0) is 50.5 Å². The van der Waals surface area contributed by atoms with E-state index >= 15 is 0 Å². The van der Waals surface area contributed by atoms with Crippen molar-refractivity contribution in [1.82, 2.24) is 10.6 Å². The molecule has 1 heterocycles. The van der Waals surface area contributed by atoms with Gasteiger partial charge in [-0.1, -0.05) is 19.3 Å². The third-order valence-electron chi connectivity index (χ3n) is 3.72. The van der Waals surface area contributed by atoms with E-state index in [-0.39, 0.29) is 0 Å². The highest BCUT2D eigenvalue weighted by atomic mass is 32.1. The molecular weight excluding hydrogens is 256 g/mol. The van der Waals surface area contributed by atoms with E-state index in [2.05, 4.69) is 17.6 Å². The number of thiocarbonyl (C=S) groups is 1. The van der Waals surface area contributed by atoms with Crippen molar-refractivity contribution in [3.05, 3.63) is 24.2 Å². The second-order valence-corrected chi connectivity index (χ2v) is 5.88. The zero-order chi connectivity index (χ0) is 13.5. The Morgan fingerprint density at radius 1 is 1.42 bits per heavy atom. The monoisotopic (exact) mass is 280 g/mol. The molecule has 1 fully saturated rings. The van der Waals surface area contributed by atoms with Gasteiger partial charge in [-0.15, -0.1) is 0 Å². The van der Waals surface area contributed by atoms with Crippen molar-refractivity contribution >= 4 is 17.3 Å². The number of furan rings is 1. The van der Waals surface area contributed by atoms with Crippen molar-refractivity contribution < 1.29 is 4.42 Å². The molecule has 2 rings (SSSR count). The van der Waals surface area contributed by atoms with E-state index in [0.717, 1.165) is 23.7 Å². The summed E-state index contributed by atoms with van der Waals surface area (Å²) in [5.41, 5.74) is 0. The van der Waals surface area contributed by atoms with Crippen LogP contribution in [0.25, 0.3) is 0 Å². The molecule has 1 unspecified atom stereocenters. The first-order valence-corrected chi connectivity index (χ1v) is 7.74. The second-order valence-electron chi connectivity index (χ2n) is 5.47. The van der Waals surface area contributed by atoms with E-state index in [9.17, 15) is 0 Å². The van der Waals surface area contributed by atoms with Crippen LogP contribution < -0.4 is 10.6 Å². The van der Waals surface area contributed by atoms with Gasteiger partial charge in [-0.25, -0.2) is 0 Å². The Hall–Kier alpha value is -1.03. The van der Waals surface area contributed by atoms with Crippen LogP contribution in [0.1, 0.15) is 51.2 Å². The van der Waals surface area contributed by atoms with Gasteiger partial charge < -0.3 is 15.1 Å². The van der Waals surface area contributed by atoms with E-state index in [1.165, 1.54) is 32.1 Å². The third kappa shape index (κ3) is 5.23. The molecule has 1 saturated carbocycles. The Morgan fingerprint density at radius 3 is 2.89 bits per heavy atom. The molecule has 1 aliphatic rings. The minimum atomic E-state index is 0.369. The van der Waals surface area contributed by atoms with E-state index in [1.54, 1.807) is 6.26 Å². The molecule has 1 aliphatic carbocycles. The smallest absolute Gasteiger partial charge is 0.166 e. The topological polar surface area (TPSA) is 37.2 Å². The molecule has 0 saturated heterocycles. The quantitative estimate of drug-likeness (QED) is 0.811. The van der Waals surface area contributed by atoms with Crippen molar-refractivity contribution in [3.63, 3.8) is 0 Å². The summed E-state index contributed by atoms with van der Waals surface area (Å²) in [5.74, 6) is 1.04. The summed E-state index contributed by atoms with van der Waals surface area (Å²) in [6.45, 7) is 2.16. The van der Waals surface area contributed by atoms with Gasteiger partial charge in [0, 0.05) is 18.5 Å². The molecule has 19 heavy (non-hydrogen) atoms. The Bertz CT molecular complexity index is 372. The average Bonchev–Trinajstić information content (AvgIpc) is 2.90. The summed E-state index contributed by atoms with van der Waals surface area (Å²) in [7, 11) is 0. The molecule has 0 aromatic carbocycles. The number of aryl methyl sites for hydroxylation is 1. The summed E-state index contributed by atoms with van der Waals surface area (Å²) < 4.78 is 5.33. The standard InChI is InChI=1S/C15H24N2OS/c1-12(9-10-14-8-5-11-18-14)16-15(19)17-13-6-3-2-4-7-13/h5,8,11-13H,2-4,6-7,9-10H2,1H3,(H2,16,17,19). The van der Waals surface area contributed by atoms with Crippen LogP contribution in [0.4, 0.5) is 0 Å². The van der Waals surface area contributed by atoms with Crippen molar-refractivity contribution in [1.29, 1.82) is 0 Å². The van der Waals surface area contributed by atoms with Gasteiger partial charge in [0.1, 0.15) is 5.76 Å². The number of rotatable bonds is 5. The lowest BCUT2D eigenvalue weighted by Crippen LogP contribution is -2.45. The zero-order valence-corrected chi connectivity index (χ0v) is 12.5. The van der Waals surface area contributed by atoms with Crippen molar-refractivity contribution in [2.45, 2.75) is 64.0 Å². The van der Waals surface area contributed by atoms with Crippen LogP contribution in [-0.4, -0.2) is 17.2 Å². The van der Waals surface area contributed by atoms with Crippen molar-refractivity contribution in [2.24, 2.45) is 0 Å². The minimum absolute atomic E-state index is 0.369. The average molecular weight is 280 g/mol. The SMILES string of the molecule is CC(CCc1ccco1)NC(=S)NC1CCCCC1. The van der Waals surface area contributed by atoms with Gasteiger partial charge in [-0.3, -0.25) is 0 Å². The van der Waals surface area contributed by atoms with Crippen LogP contribution >= 0.6 is 12.2 Å². The molecular formula is C15H24N2OS. The van der Waals surface area contributed by atoms with E-state index in [0.29, 0.717) is 12.1 Å². The lowest BCUT2D eigenvalue weighted by molar-refractivity contribution is 0.409. The van der Waals surface area contributed by atoms with Gasteiger partial charge in [0.25, 0.3) is 0 Å². The van der Waals surface area contributed by atoms with Gasteiger partial charge in [0.2, 0.25) is 0 Å². The molecule has 2 N–H and O–H groups in total. The highest BCUT2D eigenvalue weighted by molar-refractivity contribution is 7.80. The number of hydrogen-bond acceptors (Lipinski definition) is 2. The van der Waals surface area contributed by atoms with Crippen LogP contribution in [0, 0.1) is 0 Å². The second kappa shape index (κ2) is 7.53. The molecule has 0 aliphatic heterocycles. The summed E-state index contributed by atoms with van der Waals surface area (Å²) in [5, 5.41) is 7.61. The first-order chi connectivity index (χ1) is 9.24. The van der Waals surface area contributed by atoms with E-state index < -0.39 is 0 Å². The van der Waals surface area contributed by atoms with Crippen LogP contribution in [0.3, 0.4) is 0 Å². The maximum atomic E-state index is 5.38. The highest BCUT2D eigenvalue weighted by Gasteiger charge is 2.14. The molecule has 4 heteroatoms. The molecule has 0 bridgehead atoms. The van der Waals surface area contributed by atoms with Gasteiger partial charge in [-0.2, -0.15) is 0 Å². The number of hydrogen-bond donors (Lipinski definition) is 2. The Morgan fingerprint density at radius 2 is 2.21 bits per heavy atom. The number of nitrogens with one attached hydrogen (secondary N) is 2. The molecule has 106 valence electrons. The summed E-state index contributed by atoms with van der Waals surface area (Å²) >= 11 is 5.38. The Labute approximate surface area is 121 Å². The fourth-order valence-electron chi connectivity index (χ4n) is 2.58. The third-order valence-corrected chi connectivity index (χ3v) is 3.96. The van der Waals surface area contributed by atoms with Crippen LogP contribution in [0.15, 0.2) is 22.8 Å². The maximum absolute atomic E-state index is 5.38. The molecule has 1 aromatic rings. The molecule has 0 radical (unpaired) electrons. The lowest BCUT2D eigenvalue weighted by atomic mass is 9.96. The van der Waals surface area contributed by atoms with Crippen molar-refractivity contribution in [3.8, 4) is 0 Å². The van der Waals surface area contributed by atoms with Gasteiger partial charge in [0.05, 0.1) is 6.26 Å². The van der Waals surface area contributed by atoms with Crippen LogP contribution in [-0.2, 0) is 6.42 Å². The first-order valence-electron chi connectivity index (χ1n) is 7.33. The Balaban J connectivity index is 1.63. The van der Waals surface area contributed by atoms with E-state index in [1.807, 2.05) is 12.1 Å². The summed E-state index contributed by atoms with van der Waals surface area (Å²) in [6, 6.07) is 4.90. The van der Waals surface area contributed by atoms with Crippen LogP contribution in [0.5, 0.6) is 0 Å². The molecule has 1 atom stereocenters.